The van der Waals surface area contributed by atoms with Crippen molar-refractivity contribution in [3.05, 3.63) is 41.5 Å². The molecule has 1 fully saturated rings. The predicted octanol–water partition coefficient (Wildman–Crippen LogP) is 2.46. The van der Waals surface area contributed by atoms with Gasteiger partial charge in [-0.1, -0.05) is 24.2 Å². The monoisotopic (exact) mass is 273 g/mol. The van der Waals surface area contributed by atoms with Gasteiger partial charge in [-0.15, -0.1) is 0 Å². The van der Waals surface area contributed by atoms with Crippen LogP contribution in [0.4, 0.5) is 0 Å². The van der Waals surface area contributed by atoms with Crippen molar-refractivity contribution in [3.8, 4) is 5.75 Å². The van der Waals surface area contributed by atoms with Crippen molar-refractivity contribution in [2.75, 3.05) is 0 Å². The van der Waals surface area contributed by atoms with Gasteiger partial charge in [0.15, 0.2) is 6.61 Å². The molecule has 1 aromatic carbocycles. The van der Waals surface area contributed by atoms with Crippen LogP contribution in [-0.4, -0.2) is 16.2 Å². The summed E-state index contributed by atoms with van der Waals surface area (Å²) >= 11 is 0. The molecule has 20 heavy (non-hydrogen) atoms. The lowest BCUT2D eigenvalue weighted by atomic mass is 10.2. The van der Waals surface area contributed by atoms with Gasteiger partial charge in [-0.2, -0.15) is 4.98 Å². The Morgan fingerprint density at radius 3 is 2.75 bits per heavy atom. The molecule has 106 valence electrons. The van der Waals surface area contributed by atoms with Gasteiger partial charge in [0.25, 0.3) is 0 Å². The summed E-state index contributed by atoms with van der Waals surface area (Å²) in [7, 11) is 0. The highest BCUT2D eigenvalue weighted by atomic mass is 16.5. The second-order valence-electron chi connectivity index (χ2n) is 5.05. The molecule has 1 aliphatic rings. The minimum Gasteiger partial charge on any atom is -0.485 e. The highest BCUT2D eigenvalue weighted by molar-refractivity contribution is 5.27. The Hall–Kier alpha value is -1.88. The molecule has 1 heterocycles. The molecule has 0 saturated heterocycles. The zero-order valence-electron chi connectivity index (χ0n) is 11.6. The van der Waals surface area contributed by atoms with E-state index >= 15 is 0 Å². The fourth-order valence-corrected chi connectivity index (χ4v) is 1.89. The minimum atomic E-state index is 0.336. The van der Waals surface area contributed by atoms with Crippen LogP contribution in [0.25, 0.3) is 0 Å². The van der Waals surface area contributed by atoms with Crippen molar-refractivity contribution in [1.29, 1.82) is 0 Å². The molecule has 0 radical (unpaired) electrons. The molecule has 1 saturated carbocycles. The van der Waals surface area contributed by atoms with E-state index in [1.54, 1.807) is 0 Å². The van der Waals surface area contributed by atoms with Crippen LogP contribution in [0.2, 0.25) is 0 Å². The van der Waals surface area contributed by atoms with Gasteiger partial charge in [-0.25, -0.2) is 0 Å². The molecule has 0 aliphatic heterocycles. The van der Waals surface area contributed by atoms with Crippen LogP contribution < -0.4 is 10.1 Å². The van der Waals surface area contributed by atoms with E-state index < -0.39 is 0 Å². The van der Waals surface area contributed by atoms with Crippen LogP contribution >= 0.6 is 0 Å². The number of ether oxygens (including phenoxy) is 1. The molecule has 0 bridgehead atoms. The maximum atomic E-state index is 5.64. The Kier molecular flexibility index (Phi) is 3.97. The Labute approximate surface area is 118 Å². The number of benzene rings is 1. The smallest absolute Gasteiger partial charge is 0.226 e. The third-order valence-electron chi connectivity index (χ3n) is 3.28. The Morgan fingerprint density at radius 1 is 1.30 bits per heavy atom. The van der Waals surface area contributed by atoms with Gasteiger partial charge in [0.1, 0.15) is 5.75 Å². The van der Waals surface area contributed by atoms with Crippen LogP contribution in [0.3, 0.4) is 0 Å². The normalized spacial score (nSPS) is 14.4. The molecule has 5 heteroatoms. The second-order valence-corrected chi connectivity index (χ2v) is 5.05. The standard InChI is InChI=1S/C15H19N3O2/c1-2-15-17-14(18-20-15)10-19-13-7-3-11(4-8-13)9-16-12-5-6-12/h3-4,7-8,12,16H,2,5-6,9-10H2,1H3. The van der Waals surface area contributed by atoms with Gasteiger partial charge in [-0.05, 0) is 30.5 Å². The highest BCUT2D eigenvalue weighted by Gasteiger charge is 2.19. The molecule has 0 amide bonds. The van der Waals surface area contributed by atoms with E-state index in [4.69, 9.17) is 9.26 Å². The third-order valence-corrected chi connectivity index (χ3v) is 3.28. The summed E-state index contributed by atoms with van der Waals surface area (Å²) in [5.41, 5.74) is 1.28. The first-order valence-electron chi connectivity index (χ1n) is 7.10. The van der Waals surface area contributed by atoms with Crippen LogP contribution in [0.5, 0.6) is 5.75 Å². The largest absolute Gasteiger partial charge is 0.485 e. The number of hydrogen-bond donors (Lipinski definition) is 1. The number of aryl methyl sites for hydroxylation is 1. The first-order chi connectivity index (χ1) is 9.83. The van der Waals surface area contributed by atoms with Crippen LogP contribution in [0, 0.1) is 0 Å². The highest BCUT2D eigenvalue weighted by Crippen LogP contribution is 2.20. The Balaban J connectivity index is 1.49. The molecule has 1 aromatic heterocycles. The topological polar surface area (TPSA) is 60.2 Å². The zero-order valence-corrected chi connectivity index (χ0v) is 11.6. The molecular weight excluding hydrogens is 254 g/mol. The fourth-order valence-electron chi connectivity index (χ4n) is 1.89. The van der Waals surface area contributed by atoms with Gasteiger partial charge in [0, 0.05) is 19.0 Å². The number of rotatable bonds is 7. The summed E-state index contributed by atoms with van der Waals surface area (Å²) in [4.78, 5) is 4.20. The lowest BCUT2D eigenvalue weighted by molar-refractivity contribution is 0.285. The molecule has 3 rings (SSSR count). The van der Waals surface area contributed by atoms with Crippen LogP contribution in [0.1, 0.15) is 37.0 Å². The maximum Gasteiger partial charge on any atom is 0.226 e. The third kappa shape index (κ3) is 3.57. The van der Waals surface area contributed by atoms with Gasteiger partial charge < -0.3 is 14.6 Å². The Bertz CT molecular complexity index is 547. The average Bonchev–Trinajstić information content (AvgIpc) is 3.21. The Morgan fingerprint density at radius 2 is 2.10 bits per heavy atom. The maximum absolute atomic E-state index is 5.64. The molecule has 1 aliphatic carbocycles. The van der Waals surface area contributed by atoms with Gasteiger partial charge >= 0.3 is 0 Å². The molecule has 0 atom stereocenters. The summed E-state index contributed by atoms with van der Waals surface area (Å²) in [6.45, 7) is 3.24. The van der Waals surface area contributed by atoms with Crippen molar-refractivity contribution in [2.45, 2.75) is 45.4 Å². The van der Waals surface area contributed by atoms with Gasteiger partial charge in [0.05, 0.1) is 0 Å². The van der Waals surface area contributed by atoms with Crippen molar-refractivity contribution in [2.24, 2.45) is 0 Å². The van der Waals surface area contributed by atoms with E-state index in [-0.39, 0.29) is 0 Å². The second kappa shape index (κ2) is 6.05. The fraction of sp³-hybridized carbons (Fsp3) is 0.467. The molecule has 5 nitrogen and oxygen atoms in total. The van der Waals surface area contributed by atoms with E-state index in [1.807, 2.05) is 19.1 Å². The quantitative estimate of drug-likeness (QED) is 0.839. The first-order valence-corrected chi connectivity index (χ1v) is 7.10. The lowest BCUT2D eigenvalue weighted by Crippen LogP contribution is -2.15. The van der Waals surface area contributed by atoms with Crippen LogP contribution in [0.15, 0.2) is 28.8 Å². The molecule has 0 unspecified atom stereocenters. The first kappa shape index (κ1) is 13.1. The molecule has 1 N–H and O–H groups in total. The van der Waals surface area contributed by atoms with Gasteiger partial charge in [0.2, 0.25) is 11.7 Å². The van der Waals surface area contributed by atoms with E-state index in [0.29, 0.717) is 18.3 Å². The zero-order chi connectivity index (χ0) is 13.8. The number of hydrogen-bond acceptors (Lipinski definition) is 5. The van der Waals surface area contributed by atoms with E-state index in [0.717, 1.165) is 24.8 Å². The van der Waals surface area contributed by atoms with Crippen molar-refractivity contribution in [3.63, 3.8) is 0 Å². The molecule has 2 aromatic rings. The average molecular weight is 273 g/mol. The predicted molar refractivity (Wildman–Crippen MR) is 74.3 cm³/mol. The summed E-state index contributed by atoms with van der Waals surface area (Å²) in [6, 6.07) is 8.85. The summed E-state index contributed by atoms with van der Waals surface area (Å²) in [6.07, 6.45) is 3.37. The minimum absolute atomic E-state index is 0.336. The van der Waals surface area contributed by atoms with E-state index in [1.165, 1.54) is 18.4 Å². The number of aromatic nitrogens is 2. The van der Waals surface area contributed by atoms with Crippen molar-refractivity contribution < 1.29 is 9.26 Å². The van der Waals surface area contributed by atoms with Crippen molar-refractivity contribution >= 4 is 0 Å². The summed E-state index contributed by atoms with van der Waals surface area (Å²) in [5.74, 6) is 2.05. The summed E-state index contributed by atoms with van der Waals surface area (Å²) < 4.78 is 10.7. The SMILES string of the molecule is CCc1nc(COc2ccc(CNC3CC3)cc2)no1. The van der Waals surface area contributed by atoms with E-state index in [2.05, 4.69) is 27.6 Å². The van der Waals surface area contributed by atoms with Crippen LogP contribution in [-0.2, 0) is 19.6 Å². The van der Waals surface area contributed by atoms with Crippen molar-refractivity contribution in [1.82, 2.24) is 15.5 Å². The molecule has 0 spiro atoms. The molecular formula is C15H19N3O2. The van der Waals surface area contributed by atoms with E-state index in [9.17, 15) is 0 Å². The number of nitrogens with zero attached hydrogens (tertiary/aromatic N) is 2. The van der Waals surface area contributed by atoms with Gasteiger partial charge in [-0.3, -0.25) is 0 Å². The number of nitrogens with one attached hydrogen (secondary N) is 1. The summed E-state index contributed by atoms with van der Waals surface area (Å²) in [5, 5.41) is 7.34. The lowest BCUT2D eigenvalue weighted by Gasteiger charge is -2.06.